The highest BCUT2D eigenvalue weighted by Crippen LogP contribution is 2.07. The Kier molecular flexibility index (Phi) is 7.01. The maximum absolute atomic E-state index is 11.8. The topological polar surface area (TPSA) is 118 Å². The van der Waals surface area contributed by atoms with E-state index in [2.05, 4.69) is 14.8 Å². The number of carbonyl (C=O) groups is 3. The van der Waals surface area contributed by atoms with Crippen molar-refractivity contribution >= 4 is 23.4 Å². The second-order valence-corrected chi connectivity index (χ2v) is 3.96. The van der Waals surface area contributed by atoms with Gasteiger partial charge in [0.05, 0.1) is 6.61 Å². The number of hydrogen-bond acceptors (Lipinski definition) is 5. The first-order chi connectivity index (χ1) is 10.6. The molecule has 0 saturated heterocycles. The van der Waals surface area contributed by atoms with Crippen molar-refractivity contribution in [3.8, 4) is 5.75 Å². The minimum Gasteiger partial charge on any atom is -0.485 e. The number of carbonyl (C=O) groups excluding carboxylic acids is 3. The van der Waals surface area contributed by atoms with Crippen molar-refractivity contribution in [1.82, 2.24) is 5.32 Å². The van der Waals surface area contributed by atoms with E-state index in [9.17, 15) is 14.4 Å². The predicted octanol–water partition coefficient (Wildman–Crippen LogP) is -0.0154. The van der Waals surface area contributed by atoms with Crippen LogP contribution in [0, 0.1) is 0 Å². The molecule has 0 aromatic heterocycles. The monoisotopic (exact) mass is 305 g/mol. The van der Waals surface area contributed by atoms with Crippen LogP contribution in [0.4, 0.5) is 0 Å². The lowest BCUT2D eigenvalue weighted by atomic mass is 10.2. The second-order valence-electron chi connectivity index (χ2n) is 3.96. The smallest absolute Gasteiger partial charge is 0.425 e. The standard InChI is InChI=1S/C14H15N3O5/c1-2-21-12(19)8-16-14(20)13(17-15)11(18)9-22-10-6-4-3-5-7-10/h3-7H,2,8-9H2,1H3,(H,16,20). The molecule has 8 nitrogen and oxygen atoms in total. The molecule has 0 heterocycles. The number of amides is 1. The summed E-state index contributed by atoms with van der Waals surface area (Å²) < 4.78 is 9.76. The third-order valence-electron chi connectivity index (χ3n) is 2.39. The first kappa shape index (κ1) is 17.1. The molecular formula is C14H15N3O5. The van der Waals surface area contributed by atoms with E-state index in [1.54, 1.807) is 37.3 Å². The van der Waals surface area contributed by atoms with Gasteiger partial charge in [-0.15, -0.1) is 0 Å². The van der Waals surface area contributed by atoms with Gasteiger partial charge in [-0.2, -0.15) is 4.79 Å². The lowest BCUT2D eigenvalue weighted by molar-refractivity contribution is -0.143. The maximum Gasteiger partial charge on any atom is 0.425 e. The summed E-state index contributed by atoms with van der Waals surface area (Å²) in [5.74, 6) is -2.05. The van der Waals surface area contributed by atoms with Crippen LogP contribution in [0.15, 0.2) is 30.3 Å². The lowest BCUT2D eigenvalue weighted by Crippen LogP contribution is -2.41. The third-order valence-corrected chi connectivity index (χ3v) is 2.39. The van der Waals surface area contributed by atoms with Crippen molar-refractivity contribution < 1.29 is 28.6 Å². The molecule has 0 spiro atoms. The minimum atomic E-state index is -0.989. The second kappa shape index (κ2) is 9.04. The molecular weight excluding hydrogens is 290 g/mol. The quantitative estimate of drug-likeness (QED) is 0.238. The van der Waals surface area contributed by atoms with Crippen molar-refractivity contribution in [2.45, 2.75) is 6.92 Å². The number of ether oxygens (including phenoxy) is 2. The van der Waals surface area contributed by atoms with Gasteiger partial charge in [0.15, 0.2) is 6.61 Å². The molecule has 0 fully saturated rings. The molecule has 0 atom stereocenters. The molecule has 0 aliphatic carbocycles. The number of ketones is 1. The van der Waals surface area contributed by atoms with E-state index in [0.717, 1.165) is 0 Å². The third kappa shape index (κ3) is 5.56. The van der Waals surface area contributed by atoms with Crippen molar-refractivity contribution in [2.75, 3.05) is 19.8 Å². The fourth-order valence-corrected chi connectivity index (χ4v) is 1.41. The fourth-order valence-electron chi connectivity index (χ4n) is 1.41. The van der Waals surface area contributed by atoms with Crippen LogP contribution < -0.4 is 10.1 Å². The largest absolute Gasteiger partial charge is 0.485 e. The van der Waals surface area contributed by atoms with E-state index >= 15 is 0 Å². The zero-order chi connectivity index (χ0) is 16.4. The summed E-state index contributed by atoms with van der Waals surface area (Å²) in [4.78, 5) is 37.2. The number of para-hydroxylation sites is 1. The first-order valence-electron chi connectivity index (χ1n) is 6.45. The SMILES string of the molecule is CCOC(=O)CNC(=O)C(=[N+]=[N-])C(=O)COc1ccccc1. The van der Waals surface area contributed by atoms with Crippen molar-refractivity contribution in [1.29, 1.82) is 0 Å². The first-order valence-corrected chi connectivity index (χ1v) is 6.45. The van der Waals surface area contributed by atoms with E-state index < -0.39 is 36.5 Å². The molecule has 1 amide bonds. The van der Waals surface area contributed by atoms with Crippen LogP contribution in [-0.4, -0.2) is 47.9 Å². The van der Waals surface area contributed by atoms with E-state index in [1.807, 2.05) is 0 Å². The summed E-state index contributed by atoms with van der Waals surface area (Å²) in [7, 11) is 0. The van der Waals surface area contributed by atoms with Crippen LogP contribution in [0.25, 0.3) is 5.53 Å². The van der Waals surface area contributed by atoms with Crippen molar-refractivity contribution in [2.24, 2.45) is 0 Å². The molecule has 1 aromatic rings. The molecule has 22 heavy (non-hydrogen) atoms. The molecule has 0 radical (unpaired) electrons. The number of hydrogen-bond donors (Lipinski definition) is 1. The summed E-state index contributed by atoms with van der Waals surface area (Å²) in [6, 6.07) is 8.46. The van der Waals surface area contributed by atoms with Crippen LogP contribution >= 0.6 is 0 Å². The summed E-state index contributed by atoms with van der Waals surface area (Å²) in [6.07, 6.45) is 0. The van der Waals surface area contributed by atoms with Crippen LogP contribution in [0.5, 0.6) is 5.75 Å². The predicted molar refractivity (Wildman–Crippen MR) is 75.2 cm³/mol. The molecule has 0 aliphatic rings. The van der Waals surface area contributed by atoms with E-state index in [1.165, 1.54) is 0 Å². The minimum absolute atomic E-state index is 0.166. The Hall–Kier alpha value is -2.99. The molecule has 1 N–H and O–H groups in total. The van der Waals surface area contributed by atoms with E-state index in [-0.39, 0.29) is 6.61 Å². The summed E-state index contributed by atoms with van der Waals surface area (Å²) >= 11 is 0. The Morgan fingerprint density at radius 3 is 2.50 bits per heavy atom. The van der Waals surface area contributed by atoms with Crippen molar-refractivity contribution in [3.63, 3.8) is 0 Å². The summed E-state index contributed by atoms with van der Waals surface area (Å²) in [5, 5.41) is 2.12. The Morgan fingerprint density at radius 2 is 1.91 bits per heavy atom. The lowest BCUT2D eigenvalue weighted by Gasteiger charge is -2.04. The van der Waals surface area contributed by atoms with Gasteiger partial charge in [0.2, 0.25) is 0 Å². The van der Waals surface area contributed by atoms with Gasteiger partial charge in [-0.25, -0.2) is 0 Å². The number of rotatable bonds is 8. The van der Waals surface area contributed by atoms with Gasteiger partial charge in [0, 0.05) is 0 Å². The average Bonchev–Trinajstić information content (AvgIpc) is 2.53. The van der Waals surface area contributed by atoms with Gasteiger partial charge in [0.25, 0.3) is 5.78 Å². The van der Waals surface area contributed by atoms with Gasteiger partial charge in [-0.05, 0) is 19.1 Å². The number of nitrogens with zero attached hydrogens (tertiary/aromatic N) is 2. The van der Waals surface area contributed by atoms with E-state index in [4.69, 9.17) is 10.3 Å². The van der Waals surface area contributed by atoms with E-state index in [0.29, 0.717) is 5.75 Å². The summed E-state index contributed by atoms with van der Waals surface area (Å²) in [6.45, 7) is 0.874. The fraction of sp³-hybridized carbons (Fsp3) is 0.286. The van der Waals surface area contributed by atoms with Gasteiger partial charge in [-0.3, -0.25) is 14.4 Å². The molecule has 0 aliphatic heterocycles. The van der Waals surface area contributed by atoms with Crippen molar-refractivity contribution in [3.05, 3.63) is 35.9 Å². The zero-order valence-electron chi connectivity index (χ0n) is 11.9. The highest BCUT2D eigenvalue weighted by molar-refractivity contribution is 6.64. The normalized spacial score (nSPS) is 9.32. The van der Waals surface area contributed by atoms with Crippen LogP contribution in [-0.2, 0) is 19.1 Å². The zero-order valence-corrected chi connectivity index (χ0v) is 11.9. The Bertz CT molecular complexity index is 594. The number of Topliss-reactive ketones (excluding diaryl/α,β-unsaturated/α-hetero) is 1. The molecule has 0 bridgehead atoms. The molecule has 116 valence electrons. The van der Waals surface area contributed by atoms with Gasteiger partial charge < -0.3 is 20.3 Å². The highest BCUT2D eigenvalue weighted by atomic mass is 16.5. The van der Waals surface area contributed by atoms with Gasteiger partial charge in [0.1, 0.15) is 12.3 Å². The molecule has 8 heteroatoms. The maximum atomic E-state index is 11.8. The van der Waals surface area contributed by atoms with Gasteiger partial charge >= 0.3 is 17.6 Å². The van der Waals surface area contributed by atoms with Crippen LogP contribution in [0.3, 0.4) is 0 Å². The van der Waals surface area contributed by atoms with Crippen LogP contribution in [0.2, 0.25) is 0 Å². The Labute approximate surface area is 126 Å². The number of nitrogens with one attached hydrogen (secondary N) is 1. The number of benzene rings is 1. The molecule has 0 saturated carbocycles. The molecule has 1 rings (SSSR count). The highest BCUT2D eigenvalue weighted by Gasteiger charge is 2.30. The Balaban J connectivity index is 2.52. The molecule has 1 aromatic carbocycles. The number of esters is 1. The van der Waals surface area contributed by atoms with Gasteiger partial charge in [-0.1, -0.05) is 18.2 Å². The summed E-state index contributed by atoms with van der Waals surface area (Å²) in [5.41, 5.74) is 8.02. The molecule has 0 unspecified atom stereocenters. The Morgan fingerprint density at radius 1 is 1.23 bits per heavy atom. The average molecular weight is 305 g/mol. The van der Waals surface area contributed by atoms with Crippen LogP contribution in [0.1, 0.15) is 6.92 Å².